The maximum Gasteiger partial charge on any atom is 0.257 e. The van der Waals surface area contributed by atoms with Crippen LogP contribution in [0.15, 0.2) is 58.1 Å². The molecule has 0 spiro atoms. The van der Waals surface area contributed by atoms with Crippen molar-refractivity contribution in [2.75, 3.05) is 0 Å². The van der Waals surface area contributed by atoms with Crippen LogP contribution in [0.25, 0.3) is 11.5 Å². The smallest absolute Gasteiger partial charge is 0.257 e. The lowest BCUT2D eigenvalue weighted by molar-refractivity contribution is 0.112. The van der Waals surface area contributed by atoms with Gasteiger partial charge in [0.05, 0.1) is 6.21 Å². The second kappa shape index (κ2) is 7.02. The van der Waals surface area contributed by atoms with Crippen molar-refractivity contribution >= 4 is 17.8 Å². The van der Waals surface area contributed by atoms with Gasteiger partial charge in [-0.3, -0.25) is 0 Å². The van der Waals surface area contributed by atoms with Gasteiger partial charge < -0.3 is 9.25 Å². The zero-order valence-corrected chi connectivity index (χ0v) is 12.6. The monoisotopic (exact) mass is 331 g/mol. The standard InChI is InChI=1S/C16H11ClFN3O2/c17-13-5-1-11(2-6-13)9-19-22-10-15-20-21-16(23-15)12-3-7-14(18)8-4-12/h1-9H,10H2/b19-9-. The quantitative estimate of drug-likeness (QED) is 0.522. The number of hydrogen-bond acceptors (Lipinski definition) is 5. The van der Waals surface area contributed by atoms with Crippen LogP contribution in [0.4, 0.5) is 4.39 Å². The molecule has 0 N–H and O–H groups in total. The van der Waals surface area contributed by atoms with Gasteiger partial charge in [0.1, 0.15) is 5.82 Å². The highest BCUT2D eigenvalue weighted by Crippen LogP contribution is 2.18. The summed E-state index contributed by atoms with van der Waals surface area (Å²) in [4.78, 5) is 5.10. The second-order valence-electron chi connectivity index (χ2n) is 4.57. The molecule has 0 amide bonds. The molecule has 23 heavy (non-hydrogen) atoms. The number of oxime groups is 1. The molecule has 0 saturated heterocycles. The van der Waals surface area contributed by atoms with Gasteiger partial charge in [-0.1, -0.05) is 28.9 Å². The van der Waals surface area contributed by atoms with Crippen LogP contribution in [0.1, 0.15) is 11.5 Å². The minimum Gasteiger partial charge on any atom is -0.417 e. The maximum absolute atomic E-state index is 12.9. The molecule has 1 heterocycles. The molecule has 0 unspecified atom stereocenters. The lowest BCUT2D eigenvalue weighted by Crippen LogP contribution is -1.88. The summed E-state index contributed by atoms with van der Waals surface area (Å²) in [6, 6.07) is 12.9. The van der Waals surface area contributed by atoms with E-state index in [1.165, 1.54) is 12.1 Å². The molecule has 0 bridgehead atoms. The van der Waals surface area contributed by atoms with Crippen LogP contribution in [0.5, 0.6) is 0 Å². The number of aromatic nitrogens is 2. The third-order valence-electron chi connectivity index (χ3n) is 2.89. The number of hydrogen-bond donors (Lipinski definition) is 0. The van der Waals surface area contributed by atoms with E-state index in [1.54, 1.807) is 30.5 Å². The Morgan fingerprint density at radius 3 is 2.57 bits per heavy atom. The summed E-state index contributed by atoms with van der Waals surface area (Å²) in [6.07, 6.45) is 1.55. The van der Waals surface area contributed by atoms with E-state index < -0.39 is 0 Å². The highest BCUT2D eigenvalue weighted by Gasteiger charge is 2.08. The van der Waals surface area contributed by atoms with Crippen LogP contribution in [0, 0.1) is 5.82 Å². The van der Waals surface area contributed by atoms with Gasteiger partial charge in [0.2, 0.25) is 5.89 Å². The summed E-state index contributed by atoms with van der Waals surface area (Å²) >= 11 is 5.79. The first-order valence-corrected chi connectivity index (χ1v) is 7.08. The van der Waals surface area contributed by atoms with Crippen LogP contribution < -0.4 is 0 Å². The highest BCUT2D eigenvalue weighted by atomic mass is 35.5. The molecule has 5 nitrogen and oxygen atoms in total. The Kier molecular flexibility index (Phi) is 4.63. The van der Waals surface area contributed by atoms with Crippen molar-refractivity contribution in [2.45, 2.75) is 6.61 Å². The third-order valence-corrected chi connectivity index (χ3v) is 3.14. The average molecular weight is 332 g/mol. The van der Waals surface area contributed by atoms with E-state index in [1.807, 2.05) is 12.1 Å². The van der Waals surface area contributed by atoms with Crippen molar-refractivity contribution in [2.24, 2.45) is 5.16 Å². The SMILES string of the molecule is Fc1ccc(-c2nnc(CO/N=C\c3ccc(Cl)cc3)o2)cc1. The third kappa shape index (κ3) is 4.14. The van der Waals surface area contributed by atoms with Crippen LogP contribution >= 0.6 is 11.6 Å². The maximum atomic E-state index is 12.9. The van der Waals surface area contributed by atoms with Crippen LogP contribution in [0.2, 0.25) is 5.02 Å². The summed E-state index contributed by atoms with van der Waals surface area (Å²) in [6.45, 7) is 0.0400. The molecule has 7 heteroatoms. The molecule has 3 aromatic rings. The Bertz CT molecular complexity index is 801. The summed E-state index contributed by atoms with van der Waals surface area (Å²) < 4.78 is 18.3. The zero-order chi connectivity index (χ0) is 16.1. The lowest BCUT2D eigenvalue weighted by atomic mass is 10.2. The van der Waals surface area contributed by atoms with E-state index in [0.717, 1.165) is 5.56 Å². The van der Waals surface area contributed by atoms with E-state index >= 15 is 0 Å². The Balaban J connectivity index is 1.57. The first-order chi connectivity index (χ1) is 11.2. The van der Waals surface area contributed by atoms with Crippen LogP contribution in [-0.4, -0.2) is 16.4 Å². The molecule has 1 aromatic heterocycles. The molecule has 0 saturated carbocycles. The number of benzene rings is 2. The predicted octanol–water partition coefficient (Wildman–Crippen LogP) is 4.08. The average Bonchev–Trinajstić information content (AvgIpc) is 3.03. The Hall–Kier alpha value is -2.73. The van der Waals surface area contributed by atoms with Gasteiger partial charge in [0.15, 0.2) is 6.61 Å². The fourth-order valence-corrected chi connectivity index (χ4v) is 1.89. The number of rotatable bonds is 5. The Labute approximate surface area is 136 Å². The van der Waals surface area contributed by atoms with Gasteiger partial charge in [-0.2, -0.15) is 0 Å². The molecule has 3 rings (SSSR count). The van der Waals surface area contributed by atoms with Crippen molar-refractivity contribution in [1.82, 2.24) is 10.2 Å². The van der Waals surface area contributed by atoms with Crippen molar-refractivity contribution < 1.29 is 13.6 Å². The largest absolute Gasteiger partial charge is 0.417 e. The van der Waals surface area contributed by atoms with Gasteiger partial charge in [-0.05, 0) is 42.0 Å². The minimum atomic E-state index is -0.326. The van der Waals surface area contributed by atoms with E-state index in [-0.39, 0.29) is 18.3 Å². The Morgan fingerprint density at radius 1 is 1.09 bits per heavy atom. The van der Waals surface area contributed by atoms with E-state index in [4.69, 9.17) is 20.9 Å². The molecule has 0 aliphatic rings. The van der Waals surface area contributed by atoms with Gasteiger partial charge in [-0.25, -0.2) is 4.39 Å². The highest BCUT2D eigenvalue weighted by molar-refractivity contribution is 6.30. The van der Waals surface area contributed by atoms with Crippen LogP contribution in [0.3, 0.4) is 0 Å². The fourth-order valence-electron chi connectivity index (χ4n) is 1.76. The summed E-state index contributed by atoms with van der Waals surface area (Å²) in [5.74, 6) is 0.247. The van der Waals surface area contributed by atoms with Gasteiger partial charge in [0.25, 0.3) is 5.89 Å². The minimum absolute atomic E-state index is 0.0400. The molecule has 0 aliphatic carbocycles. The van der Waals surface area contributed by atoms with Crippen LogP contribution in [-0.2, 0) is 11.4 Å². The number of halogens is 2. The molecule has 2 aromatic carbocycles. The number of nitrogens with zero attached hydrogens (tertiary/aromatic N) is 3. The van der Waals surface area contributed by atoms with Crippen molar-refractivity contribution in [3.05, 3.63) is 70.8 Å². The van der Waals surface area contributed by atoms with Crippen molar-refractivity contribution in [1.29, 1.82) is 0 Å². The van der Waals surface area contributed by atoms with Gasteiger partial charge in [-0.15, -0.1) is 10.2 Å². The molecule has 0 aliphatic heterocycles. The van der Waals surface area contributed by atoms with E-state index in [9.17, 15) is 4.39 Å². The lowest BCUT2D eigenvalue weighted by Gasteiger charge is -1.95. The molecule has 0 radical (unpaired) electrons. The second-order valence-corrected chi connectivity index (χ2v) is 5.00. The fraction of sp³-hybridized carbons (Fsp3) is 0.0625. The summed E-state index contributed by atoms with van der Waals surface area (Å²) in [7, 11) is 0. The van der Waals surface area contributed by atoms with E-state index in [0.29, 0.717) is 16.5 Å². The molecule has 116 valence electrons. The molecule has 0 fully saturated rings. The topological polar surface area (TPSA) is 60.5 Å². The zero-order valence-electron chi connectivity index (χ0n) is 11.8. The molecule has 0 atom stereocenters. The summed E-state index contributed by atoms with van der Waals surface area (Å²) in [5, 5.41) is 12.2. The van der Waals surface area contributed by atoms with Crippen molar-refractivity contribution in [3.63, 3.8) is 0 Å². The molecular weight excluding hydrogens is 321 g/mol. The Morgan fingerprint density at radius 2 is 1.83 bits per heavy atom. The normalized spacial score (nSPS) is 11.0. The van der Waals surface area contributed by atoms with Gasteiger partial charge >= 0.3 is 0 Å². The first kappa shape index (κ1) is 15.2. The van der Waals surface area contributed by atoms with Gasteiger partial charge in [0, 0.05) is 10.6 Å². The predicted molar refractivity (Wildman–Crippen MR) is 83.5 cm³/mol. The van der Waals surface area contributed by atoms with Crippen molar-refractivity contribution in [3.8, 4) is 11.5 Å². The molecular formula is C16H11ClFN3O2. The first-order valence-electron chi connectivity index (χ1n) is 6.70. The van der Waals surface area contributed by atoms with E-state index in [2.05, 4.69) is 15.4 Å². The summed E-state index contributed by atoms with van der Waals surface area (Å²) in [5.41, 5.74) is 1.49.